The zero-order valence-electron chi connectivity index (χ0n) is 12.8. The van der Waals surface area contributed by atoms with Crippen LogP contribution < -0.4 is 0 Å². The third-order valence-electron chi connectivity index (χ3n) is 3.03. The van der Waals surface area contributed by atoms with Gasteiger partial charge in [0.25, 0.3) is 0 Å². The fraction of sp³-hybridized carbons (Fsp3) is 0.625. The van der Waals surface area contributed by atoms with E-state index in [-0.39, 0.29) is 11.4 Å². The van der Waals surface area contributed by atoms with Crippen molar-refractivity contribution in [3.8, 4) is 0 Å². The number of ether oxygens (including phenoxy) is 1. The predicted molar refractivity (Wildman–Crippen MR) is 82.4 cm³/mol. The Morgan fingerprint density at radius 3 is 2.55 bits per heavy atom. The molecule has 1 aromatic heterocycles. The molecule has 1 heterocycles. The van der Waals surface area contributed by atoms with E-state index >= 15 is 0 Å². The normalized spacial score (nSPS) is 11.4. The monoisotopic (exact) mass is 297 g/mol. The van der Waals surface area contributed by atoms with E-state index in [9.17, 15) is 4.79 Å². The number of carbonyl (C=O) groups excluding carboxylic acids is 1. The van der Waals surface area contributed by atoms with Crippen molar-refractivity contribution in [1.29, 1.82) is 0 Å². The van der Waals surface area contributed by atoms with E-state index in [0.29, 0.717) is 17.3 Å². The number of halogens is 1. The second-order valence-corrected chi connectivity index (χ2v) is 6.40. The van der Waals surface area contributed by atoms with Crippen molar-refractivity contribution in [2.75, 3.05) is 6.61 Å². The molecule has 0 bridgehead atoms. The molecule has 0 atom stereocenters. The van der Waals surface area contributed by atoms with Crippen LogP contribution in [0.3, 0.4) is 0 Å². The average molecular weight is 298 g/mol. The number of carbonyl (C=O) groups is 1. The standard InChI is InChI=1S/C16H24ClNO2/c1-5-6-7-8-9-20-15(19)12-10-13(16(2,3)4)18-14(17)11-12/h10-11H,5-9H2,1-4H3. The maximum absolute atomic E-state index is 12.0. The molecule has 0 aliphatic carbocycles. The molecule has 1 rings (SSSR count). The van der Waals surface area contributed by atoms with Crippen molar-refractivity contribution in [3.05, 3.63) is 28.5 Å². The topological polar surface area (TPSA) is 39.2 Å². The third kappa shape index (κ3) is 5.49. The summed E-state index contributed by atoms with van der Waals surface area (Å²) < 4.78 is 5.27. The minimum Gasteiger partial charge on any atom is -0.462 e. The fourth-order valence-corrected chi connectivity index (χ4v) is 1.98. The van der Waals surface area contributed by atoms with Crippen molar-refractivity contribution in [3.63, 3.8) is 0 Å². The Hall–Kier alpha value is -1.09. The van der Waals surface area contributed by atoms with Crippen LogP contribution in [0, 0.1) is 0 Å². The van der Waals surface area contributed by atoms with Crippen molar-refractivity contribution < 1.29 is 9.53 Å². The molecule has 20 heavy (non-hydrogen) atoms. The summed E-state index contributed by atoms with van der Waals surface area (Å²) in [6.07, 6.45) is 4.34. The number of pyridine rings is 1. The van der Waals surface area contributed by atoms with Gasteiger partial charge in [-0.05, 0) is 18.6 Å². The molecule has 0 saturated heterocycles. The highest BCUT2D eigenvalue weighted by Gasteiger charge is 2.19. The minimum atomic E-state index is -0.323. The Bertz CT molecular complexity index is 452. The summed E-state index contributed by atoms with van der Waals surface area (Å²) in [4.78, 5) is 16.3. The maximum Gasteiger partial charge on any atom is 0.338 e. The van der Waals surface area contributed by atoms with Crippen LogP contribution in [0.1, 0.15) is 69.4 Å². The highest BCUT2D eigenvalue weighted by molar-refractivity contribution is 6.29. The van der Waals surface area contributed by atoms with Crippen LogP contribution >= 0.6 is 11.6 Å². The maximum atomic E-state index is 12.0. The fourth-order valence-electron chi connectivity index (χ4n) is 1.78. The van der Waals surface area contributed by atoms with Crippen molar-refractivity contribution in [2.45, 2.75) is 58.8 Å². The van der Waals surface area contributed by atoms with Gasteiger partial charge in [-0.3, -0.25) is 0 Å². The van der Waals surface area contributed by atoms with Crippen LogP contribution in [-0.2, 0) is 10.2 Å². The average Bonchev–Trinajstić information content (AvgIpc) is 2.36. The number of esters is 1. The molecule has 0 saturated carbocycles. The molecule has 0 radical (unpaired) electrons. The van der Waals surface area contributed by atoms with Crippen molar-refractivity contribution >= 4 is 17.6 Å². The van der Waals surface area contributed by atoms with Gasteiger partial charge in [-0.1, -0.05) is 58.6 Å². The Morgan fingerprint density at radius 2 is 1.95 bits per heavy atom. The molecule has 0 unspecified atom stereocenters. The van der Waals surface area contributed by atoms with E-state index in [1.807, 2.05) is 20.8 Å². The summed E-state index contributed by atoms with van der Waals surface area (Å²) in [5.74, 6) is -0.323. The molecule has 4 heteroatoms. The Labute approximate surface area is 126 Å². The van der Waals surface area contributed by atoms with Gasteiger partial charge >= 0.3 is 5.97 Å². The van der Waals surface area contributed by atoms with Crippen LogP contribution in [0.2, 0.25) is 5.15 Å². The number of rotatable bonds is 6. The van der Waals surface area contributed by atoms with Crippen LogP contribution in [0.25, 0.3) is 0 Å². The molecule has 112 valence electrons. The summed E-state index contributed by atoms with van der Waals surface area (Å²) in [6, 6.07) is 3.32. The first-order valence-electron chi connectivity index (χ1n) is 7.19. The van der Waals surface area contributed by atoms with Crippen LogP contribution in [-0.4, -0.2) is 17.6 Å². The first-order chi connectivity index (χ1) is 9.34. The van der Waals surface area contributed by atoms with E-state index in [4.69, 9.17) is 16.3 Å². The van der Waals surface area contributed by atoms with E-state index in [0.717, 1.165) is 18.5 Å². The molecule has 0 aliphatic rings. The van der Waals surface area contributed by atoms with E-state index < -0.39 is 0 Å². The lowest BCUT2D eigenvalue weighted by Crippen LogP contribution is -2.16. The first kappa shape index (κ1) is 17.0. The molecule has 0 aromatic carbocycles. The number of nitrogens with zero attached hydrogens (tertiary/aromatic N) is 1. The Balaban J connectivity index is 2.66. The van der Waals surface area contributed by atoms with Crippen LogP contribution in [0.15, 0.2) is 12.1 Å². The molecular formula is C16H24ClNO2. The lowest BCUT2D eigenvalue weighted by molar-refractivity contribution is 0.0497. The lowest BCUT2D eigenvalue weighted by Gasteiger charge is -2.18. The van der Waals surface area contributed by atoms with Crippen molar-refractivity contribution in [1.82, 2.24) is 4.98 Å². The van der Waals surface area contributed by atoms with E-state index in [1.54, 1.807) is 12.1 Å². The molecule has 0 aliphatic heterocycles. The molecular weight excluding hydrogens is 274 g/mol. The van der Waals surface area contributed by atoms with Gasteiger partial charge in [-0.25, -0.2) is 9.78 Å². The second kappa shape index (κ2) is 7.63. The van der Waals surface area contributed by atoms with Crippen LogP contribution in [0.5, 0.6) is 0 Å². The van der Waals surface area contributed by atoms with Gasteiger partial charge in [0.1, 0.15) is 5.15 Å². The van der Waals surface area contributed by atoms with Gasteiger partial charge in [-0.2, -0.15) is 0 Å². The smallest absolute Gasteiger partial charge is 0.338 e. The minimum absolute atomic E-state index is 0.152. The lowest BCUT2D eigenvalue weighted by atomic mass is 9.91. The Kier molecular flexibility index (Phi) is 6.47. The van der Waals surface area contributed by atoms with E-state index in [1.165, 1.54) is 12.8 Å². The highest BCUT2D eigenvalue weighted by Crippen LogP contribution is 2.23. The van der Waals surface area contributed by atoms with Gasteiger partial charge in [0.15, 0.2) is 0 Å². The van der Waals surface area contributed by atoms with Gasteiger partial charge in [0.05, 0.1) is 12.2 Å². The SMILES string of the molecule is CCCCCCOC(=O)c1cc(Cl)nc(C(C)(C)C)c1. The summed E-state index contributed by atoms with van der Waals surface area (Å²) in [5, 5.41) is 0.329. The number of aromatic nitrogens is 1. The summed E-state index contributed by atoms with van der Waals surface area (Å²) >= 11 is 5.98. The molecule has 0 spiro atoms. The number of hydrogen-bond acceptors (Lipinski definition) is 3. The largest absolute Gasteiger partial charge is 0.462 e. The predicted octanol–water partition coefficient (Wildman–Crippen LogP) is 4.77. The van der Waals surface area contributed by atoms with Gasteiger partial charge in [0, 0.05) is 11.1 Å². The number of hydrogen-bond donors (Lipinski definition) is 0. The molecule has 1 aromatic rings. The van der Waals surface area contributed by atoms with Crippen LogP contribution in [0.4, 0.5) is 0 Å². The first-order valence-corrected chi connectivity index (χ1v) is 7.57. The summed E-state index contributed by atoms with van der Waals surface area (Å²) in [7, 11) is 0. The number of unbranched alkanes of at least 4 members (excludes halogenated alkanes) is 3. The van der Waals surface area contributed by atoms with Gasteiger partial charge in [-0.15, -0.1) is 0 Å². The zero-order chi connectivity index (χ0) is 15.2. The highest BCUT2D eigenvalue weighted by atomic mass is 35.5. The molecule has 3 nitrogen and oxygen atoms in total. The quantitative estimate of drug-likeness (QED) is 0.431. The van der Waals surface area contributed by atoms with Crippen molar-refractivity contribution in [2.24, 2.45) is 0 Å². The van der Waals surface area contributed by atoms with E-state index in [2.05, 4.69) is 11.9 Å². The summed E-state index contributed by atoms with van der Waals surface area (Å²) in [6.45, 7) is 8.71. The third-order valence-corrected chi connectivity index (χ3v) is 3.22. The second-order valence-electron chi connectivity index (χ2n) is 6.01. The molecule has 0 N–H and O–H groups in total. The Morgan fingerprint density at radius 1 is 1.25 bits per heavy atom. The van der Waals surface area contributed by atoms with Gasteiger partial charge < -0.3 is 4.74 Å². The summed E-state index contributed by atoms with van der Waals surface area (Å²) in [5.41, 5.74) is 1.12. The van der Waals surface area contributed by atoms with Gasteiger partial charge in [0.2, 0.25) is 0 Å². The molecule has 0 amide bonds. The zero-order valence-corrected chi connectivity index (χ0v) is 13.6. The molecule has 0 fully saturated rings.